The first-order chi connectivity index (χ1) is 6.56. The van der Waals surface area contributed by atoms with Crippen LogP contribution in [0.1, 0.15) is 32.1 Å². The van der Waals surface area contributed by atoms with Crippen molar-refractivity contribution in [2.75, 3.05) is 0 Å². The van der Waals surface area contributed by atoms with E-state index in [1.165, 1.54) is 6.20 Å². The van der Waals surface area contributed by atoms with Crippen LogP contribution in [0.25, 0.3) is 0 Å². The molecule has 0 aromatic carbocycles. The van der Waals surface area contributed by atoms with E-state index in [1.54, 1.807) is 6.07 Å². The fourth-order valence-corrected chi connectivity index (χ4v) is 1.63. The minimum absolute atomic E-state index is 0.140. The molecule has 0 saturated heterocycles. The fraction of sp³-hybridized carbons (Fsp3) is 0.500. The molecule has 0 spiro atoms. The summed E-state index contributed by atoms with van der Waals surface area (Å²) in [6, 6.07) is 1.59. The molecule has 2 unspecified atom stereocenters. The molecule has 0 aliphatic heterocycles. The van der Waals surface area contributed by atoms with E-state index in [9.17, 15) is 5.11 Å². The Morgan fingerprint density at radius 3 is 2.64 bits per heavy atom. The number of aliphatic hydroxyl groups excluding tert-OH is 1. The first kappa shape index (κ1) is 11.8. The van der Waals surface area contributed by atoms with E-state index in [4.69, 9.17) is 23.2 Å². The molecule has 0 amide bonds. The molecule has 0 bridgehead atoms. The van der Waals surface area contributed by atoms with Gasteiger partial charge in [0.25, 0.3) is 0 Å². The third kappa shape index (κ3) is 2.59. The molecule has 2 nitrogen and oxygen atoms in total. The molecule has 1 aromatic rings. The third-order valence-electron chi connectivity index (χ3n) is 2.30. The first-order valence-electron chi connectivity index (χ1n) is 4.55. The molecule has 0 aliphatic carbocycles. The van der Waals surface area contributed by atoms with Crippen molar-refractivity contribution in [3.63, 3.8) is 0 Å². The lowest BCUT2D eigenvalue weighted by Gasteiger charge is -2.17. The summed E-state index contributed by atoms with van der Waals surface area (Å²) in [5, 5.41) is 10.8. The molecule has 0 radical (unpaired) electrons. The summed E-state index contributed by atoms with van der Waals surface area (Å²) in [5.74, 6) is 0.140. The second-order valence-electron chi connectivity index (χ2n) is 3.35. The molecule has 0 saturated carbocycles. The summed E-state index contributed by atoms with van der Waals surface area (Å²) in [7, 11) is 0. The second kappa shape index (κ2) is 4.96. The lowest BCUT2D eigenvalue weighted by molar-refractivity contribution is 0.111. The Morgan fingerprint density at radius 1 is 1.50 bits per heavy atom. The number of pyridine rings is 1. The molecule has 1 N–H and O–H groups in total. The second-order valence-corrected chi connectivity index (χ2v) is 4.19. The minimum Gasteiger partial charge on any atom is -0.386 e. The van der Waals surface area contributed by atoms with Gasteiger partial charge in [0.15, 0.2) is 0 Å². The Labute approximate surface area is 93.9 Å². The van der Waals surface area contributed by atoms with E-state index in [2.05, 4.69) is 4.98 Å². The summed E-state index contributed by atoms with van der Waals surface area (Å²) in [5.41, 5.74) is 0.505. The maximum absolute atomic E-state index is 9.87. The lowest BCUT2D eigenvalue weighted by atomic mass is 9.99. The van der Waals surface area contributed by atoms with Crippen LogP contribution < -0.4 is 0 Å². The number of halogens is 2. The number of rotatable bonds is 3. The maximum Gasteiger partial charge on any atom is 0.1000 e. The van der Waals surface area contributed by atoms with Gasteiger partial charge in [-0.15, -0.1) is 0 Å². The van der Waals surface area contributed by atoms with Gasteiger partial charge in [-0.05, 0) is 12.0 Å². The van der Waals surface area contributed by atoms with E-state index in [0.717, 1.165) is 6.42 Å². The largest absolute Gasteiger partial charge is 0.386 e. The standard InChI is InChI=1S/C10H13Cl2NO/c1-3-6(2)10(14)9-8(12)4-7(11)5-13-9/h4-6,10,14H,3H2,1-2H3. The summed E-state index contributed by atoms with van der Waals surface area (Å²) in [6.07, 6.45) is 1.75. The zero-order chi connectivity index (χ0) is 10.7. The molecule has 0 aliphatic rings. The minimum atomic E-state index is -0.621. The van der Waals surface area contributed by atoms with Gasteiger partial charge in [0.1, 0.15) is 0 Å². The highest BCUT2D eigenvalue weighted by Gasteiger charge is 2.18. The Kier molecular flexibility index (Phi) is 4.17. The predicted octanol–water partition coefficient (Wildman–Crippen LogP) is 3.47. The van der Waals surface area contributed by atoms with Gasteiger partial charge in [0.05, 0.1) is 21.8 Å². The quantitative estimate of drug-likeness (QED) is 0.868. The van der Waals surface area contributed by atoms with E-state index in [-0.39, 0.29) is 5.92 Å². The van der Waals surface area contributed by atoms with Gasteiger partial charge in [-0.1, -0.05) is 43.5 Å². The summed E-state index contributed by atoms with van der Waals surface area (Å²) < 4.78 is 0. The van der Waals surface area contributed by atoms with Crippen LogP contribution in [-0.4, -0.2) is 10.1 Å². The Morgan fingerprint density at radius 2 is 2.14 bits per heavy atom. The lowest BCUT2D eigenvalue weighted by Crippen LogP contribution is -2.10. The van der Waals surface area contributed by atoms with Gasteiger partial charge in [-0.2, -0.15) is 0 Å². The van der Waals surface area contributed by atoms with Crippen LogP contribution in [0.3, 0.4) is 0 Å². The van der Waals surface area contributed by atoms with Gasteiger partial charge in [0, 0.05) is 6.20 Å². The zero-order valence-electron chi connectivity index (χ0n) is 8.17. The van der Waals surface area contributed by atoms with Gasteiger partial charge in [-0.3, -0.25) is 4.98 Å². The van der Waals surface area contributed by atoms with Crippen LogP contribution in [0.4, 0.5) is 0 Å². The van der Waals surface area contributed by atoms with E-state index in [1.807, 2.05) is 13.8 Å². The average Bonchev–Trinajstić information content (AvgIpc) is 2.15. The monoisotopic (exact) mass is 233 g/mol. The van der Waals surface area contributed by atoms with Crippen LogP contribution >= 0.6 is 23.2 Å². The molecule has 14 heavy (non-hydrogen) atoms. The van der Waals surface area contributed by atoms with Crippen molar-refractivity contribution in [1.29, 1.82) is 0 Å². The Hall–Kier alpha value is -0.310. The molecule has 2 atom stereocenters. The van der Waals surface area contributed by atoms with E-state index in [0.29, 0.717) is 15.7 Å². The topological polar surface area (TPSA) is 33.1 Å². The predicted molar refractivity (Wildman–Crippen MR) is 58.7 cm³/mol. The number of aromatic nitrogens is 1. The highest BCUT2D eigenvalue weighted by atomic mass is 35.5. The molecule has 1 rings (SSSR count). The first-order valence-corrected chi connectivity index (χ1v) is 5.30. The number of hydrogen-bond acceptors (Lipinski definition) is 2. The highest BCUT2D eigenvalue weighted by Crippen LogP contribution is 2.29. The molecule has 4 heteroatoms. The molecule has 1 aromatic heterocycles. The summed E-state index contributed by atoms with van der Waals surface area (Å²) >= 11 is 11.6. The zero-order valence-corrected chi connectivity index (χ0v) is 9.68. The highest BCUT2D eigenvalue weighted by molar-refractivity contribution is 6.34. The molecular weight excluding hydrogens is 221 g/mol. The Bertz CT molecular complexity index is 317. The van der Waals surface area contributed by atoms with Gasteiger partial charge >= 0.3 is 0 Å². The van der Waals surface area contributed by atoms with Crippen molar-refractivity contribution in [3.8, 4) is 0 Å². The van der Waals surface area contributed by atoms with Crippen LogP contribution in [0.15, 0.2) is 12.3 Å². The summed E-state index contributed by atoms with van der Waals surface area (Å²) in [4.78, 5) is 4.03. The van der Waals surface area contributed by atoms with Crippen molar-refractivity contribution in [2.45, 2.75) is 26.4 Å². The Balaban J connectivity index is 2.95. The van der Waals surface area contributed by atoms with Crippen molar-refractivity contribution >= 4 is 23.2 Å². The van der Waals surface area contributed by atoms with E-state index >= 15 is 0 Å². The van der Waals surface area contributed by atoms with Crippen molar-refractivity contribution < 1.29 is 5.11 Å². The SMILES string of the molecule is CCC(C)C(O)c1ncc(Cl)cc1Cl. The van der Waals surface area contributed by atoms with Crippen molar-refractivity contribution in [2.24, 2.45) is 5.92 Å². The molecular formula is C10H13Cl2NO. The van der Waals surface area contributed by atoms with E-state index < -0.39 is 6.10 Å². The van der Waals surface area contributed by atoms with Crippen molar-refractivity contribution in [1.82, 2.24) is 4.98 Å². The number of hydrogen-bond donors (Lipinski definition) is 1. The molecule has 0 fully saturated rings. The number of aliphatic hydroxyl groups is 1. The van der Waals surface area contributed by atoms with Crippen molar-refractivity contribution in [3.05, 3.63) is 28.0 Å². The number of nitrogens with zero attached hydrogens (tertiary/aromatic N) is 1. The summed E-state index contributed by atoms with van der Waals surface area (Å²) in [6.45, 7) is 3.97. The molecule has 1 heterocycles. The average molecular weight is 234 g/mol. The van der Waals surface area contributed by atoms with Crippen LogP contribution in [-0.2, 0) is 0 Å². The van der Waals surface area contributed by atoms with Crippen LogP contribution in [0.5, 0.6) is 0 Å². The van der Waals surface area contributed by atoms with Crippen LogP contribution in [0.2, 0.25) is 10.0 Å². The van der Waals surface area contributed by atoms with Gasteiger partial charge < -0.3 is 5.11 Å². The van der Waals surface area contributed by atoms with Gasteiger partial charge in [-0.25, -0.2) is 0 Å². The fourth-order valence-electron chi connectivity index (χ4n) is 1.14. The smallest absolute Gasteiger partial charge is 0.1000 e. The van der Waals surface area contributed by atoms with Crippen LogP contribution in [0, 0.1) is 5.92 Å². The molecule has 78 valence electrons. The third-order valence-corrected chi connectivity index (χ3v) is 2.81. The maximum atomic E-state index is 9.87. The van der Waals surface area contributed by atoms with Gasteiger partial charge in [0.2, 0.25) is 0 Å². The normalized spacial score (nSPS) is 15.2.